The average Bonchev–Trinajstić information content (AvgIpc) is 2.45. The molecule has 1 unspecified atom stereocenters. The fraction of sp³-hybridized carbons (Fsp3) is 0.500. The Balaban J connectivity index is 2.12. The minimum absolute atomic E-state index is 0.229. The van der Waals surface area contributed by atoms with Crippen LogP contribution >= 0.6 is 15.9 Å². The largest absolute Gasteiger partial charge is 0.465 e. The van der Waals surface area contributed by atoms with E-state index in [9.17, 15) is 9.18 Å². The first kappa shape index (κ1) is 15.4. The fourth-order valence-electron chi connectivity index (χ4n) is 2.30. The van der Waals surface area contributed by atoms with Crippen LogP contribution in [0.15, 0.2) is 22.7 Å². The molecule has 1 fully saturated rings. The molecular formula is C14H18BrFN2O2. The first-order valence-electron chi connectivity index (χ1n) is 6.67. The SMILES string of the molecule is CCOC(=O)C1CNCCN1Cc1cccc(F)c1Br. The van der Waals surface area contributed by atoms with Crippen LogP contribution in [0, 0.1) is 5.82 Å². The summed E-state index contributed by atoms with van der Waals surface area (Å²) < 4.78 is 19.1. The molecule has 1 heterocycles. The van der Waals surface area contributed by atoms with Gasteiger partial charge in [0.15, 0.2) is 0 Å². The molecule has 1 aromatic rings. The molecular weight excluding hydrogens is 327 g/mol. The van der Waals surface area contributed by atoms with Gasteiger partial charge in [0, 0.05) is 26.2 Å². The third-order valence-electron chi connectivity index (χ3n) is 3.32. The molecule has 1 N–H and O–H groups in total. The number of piperazine rings is 1. The van der Waals surface area contributed by atoms with Gasteiger partial charge in [-0.25, -0.2) is 4.39 Å². The first-order chi connectivity index (χ1) is 9.63. The summed E-state index contributed by atoms with van der Waals surface area (Å²) in [5.74, 6) is -0.516. The summed E-state index contributed by atoms with van der Waals surface area (Å²) in [5.41, 5.74) is 0.834. The van der Waals surface area contributed by atoms with Gasteiger partial charge in [0.25, 0.3) is 0 Å². The highest BCUT2D eigenvalue weighted by atomic mass is 79.9. The van der Waals surface area contributed by atoms with Crippen LogP contribution < -0.4 is 5.32 Å². The van der Waals surface area contributed by atoms with Crippen molar-refractivity contribution in [3.8, 4) is 0 Å². The molecule has 110 valence electrons. The smallest absolute Gasteiger partial charge is 0.324 e. The average molecular weight is 345 g/mol. The number of benzene rings is 1. The van der Waals surface area contributed by atoms with E-state index >= 15 is 0 Å². The van der Waals surface area contributed by atoms with Crippen molar-refractivity contribution in [3.05, 3.63) is 34.1 Å². The van der Waals surface area contributed by atoms with Gasteiger partial charge in [-0.3, -0.25) is 9.69 Å². The van der Waals surface area contributed by atoms with E-state index in [0.29, 0.717) is 24.2 Å². The van der Waals surface area contributed by atoms with Crippen LogP contribution in [0.4, 0.5) is 4.39 Å². The molecule has 0 saturated carbocycles. The molecule has 0 aromatic heterocycles. The molecule has 4 nitrogen and oxygen atoms in total. The number of hydrogen-bond acceptors (Lipinski definition) is 4. The van der Waals surface area contributed by atoms with Crippen LogP contribution in [0.1, 0.15) is 12.5 Å². The molecule has 0 radical (unpaired) electrons. The van der Waals surface area contributed by atoms with E-state index < -0.39 is 0 Å². The van der Waals surface area contributed by atoms with Gasteiger partial charge in [0.2, 0.25) is 0 Å². The summed E-state index contributed by atoms with van der Waals surface area (Å²) in [7, 11) is 0. The molecule has 0 spiro atoms. The summed E-state index contributed by atoms with van der Waals surface area (Å²) in [5, 5.41) is 3.19. The lowest BCUT2D eigenvalue weighted by atomic mass is 10.1. The second-order valence-corrected chi connectivity index (χ2v) is 5.45. The van der Waals surface area contributed by atoms with Crippen molar-refractivity contribution in [2.24, 2.45) is 0 Å². The lowest BCUT2D eigenvalue weighted by Crippen LogP contribution is -2.54. The number of hydrogen-bond donors (Lipinski definition) is 1. The van der Waals surface area contributed by atoms with Gasteiger partial charge in [-0.05, 0) is 34.5 Å². The molecule has 1 saturated heterocycles. The maximum atomic E-state index is 13.5. The van der Waals surface area contributed by atoms with E-state index in [1.807, 2.05) is 11.0 Å². The standard InChI is InChI=1S/C14H18BrFN2O2/c1-2-20-14(19)12-8-17-6-7-18(12)9-10-4-3-5-11(16)13(10)15/h3-5,12,17H,2,6-9H2,1H3. The second kappa shape index (κ2) is 7.15. The summed E-state index contributed by atoms with van der Waals surface area (Å²) >= 11 is 3.26. The van der Waals surface area contributed by atoms with Gasteiger partial charge in [-0.15, -0.1) is 0 Å². The zero-order valence-electron chi connectivity index (χ0n) is 11.4. The van der Waals surface area contributed by atoms with Crippen LogP contribution in [0.2, 0.25) is 0 Å². The number of nitrogens with zero attached hydrogens (tertiary/aromatic N) is 1. The number of nitrogens with one attached hydrogen (secondary N) is 1. The van der Waals surface area contributed by atoms with Crippen molar-refractivity contribution >= 4 is 21.9 Å². The van der Waals surface area contributed by atoms with Crippen LogP contribution in [0.5, 0.6) is 0 Å². The van der Waals surface area contributed by atoms with Crippen LogP contribution in [-0.2, 0) is 16.1 Å². The minimum atomic E-state index is -0.320. The van der Waals surface area contributed by atoms with Crippen LogP contribution in [0.3, 0.4) is 0 Å². The third-order valence-corrected chi connectivity index (χ3v) is 4.21. The molecule has 20 heavy (non-hydrogen) atoms. The van der Waals surface area contributed by atoms with Crippen molar-refractivity contribution < 1.29 is 13.9 Å². The van der Waals surface area contributed by atoms with E-state index in [2.05, 4.69) is 21.2 Å². The van der Waals surface area contributed by atoms with Crippen molar-refractivity contribution in [2.45, 2.75) is 19.5 Å². The predicted molar refractivity (Wildman–Crippen MR) is 77.8 cm³/mol. The van der Waals surface area contributed by atoms with Crippen LogP contribution in [0.25, 0.3) is 0 Å². The van der Waals surface area contributed by atoms with Gasteiger partial charge in [0.05, 0.1) is 11.1 Å². The van der Waals surface area contributed by atoms with Gasteiger partial charge in [0.1, 0.15) is 11.9 Å². The molecule has 0 aliphatic carbocycles. The van der Waals surface area contributed by atoms with Crippen molar-refractivity contribution in [1.82, 2.24) is 10.2 Å². The Morgan fingerprint density at radius 1 is 1.60 bits per heavy atom. The molecule has 1 atom stereocenters. The van der Waals surface area contributed by atoms with Crippen molar-refractivity contribution in [2.75, 3.05) is 26.2 Å². The first-order valence-corrected chi connectivity index (χ1v) is 7.47. The Bertz CT molecular complexity index is 484. The van der Waals surface area contributed by atoms with E-state index in [1.54, 1.807) is 13.0 Å². The van der Waals surface area contributed by atoms with Gasteiger partial charge in [-0.2, -0.15) is 0 Å². The summed E-state index contributed by atoms with van der Waals surface area (Å²) in [4.78, 5) is 14.0. The Morgan fingerprint density at radius 3 is 3.15 bits per heavy atom. The fourth-order valence-corrected chi connectivity index (χ4v) is 2.69. The van der Waals surface area contributed by atoms with Crippen LogP contribution in [-0.4, -0.2) is 43.2 Å². The van der Waals surface area contributed by atoms with E-state index in [-0.39, 0.29) is 17.8 Å². The highest BCUT2D eigenvalue weighted by Crippen LogP contribution is 2.23. The molecule has 0 amide bonds. The Morgan fingerprint density at radius 2 is 2.40 bits per heavy atom. The summed E-state index contributed by atoms with van der Waals surface area (Å²) in [6, 6.07) is 4.63. The third kappa shape index (κ3) is 3.56. The highest BCUT2D eigenvalue weighted by Gasteiger charge is 2.30. The molecule has 1 aliphatic rings. The van der Waals surface area contributed by atoms with Gasteiger partial charge < -0.3 is 10.1 Å². The molecule has 2 rings (SSSR count). The number of esters is 1. The lowest BCUT2D eigenvalue weighted by molar-refractivity contribution is -0.150. The zero-order chi connectivity index (χ0) is 14.5. The number of carbonyl (C=O) groups is 1. The topological polar surface area (TPSA) is 41.6 Å². The Labute approximate surface area is 126 Å². The predicted octanol–water partition coefficient (Wildman–Crippen LogP) is 1.93. The summed E-state index contributed by atoms with van der Waals surface area (Å²) in [6.07, 6.45) is 0. The zero-order valence-corrected chi connectivity index (χ0v) is 13.0. The van der Waals surface area contributed by atoms with E-state index in [0.717, 1.165) is 18.7 Å². The molecule has 0 bridgehead atoms. The second-order valence-electron chi connectivity index (χ2n) is 4.66. The number of rotatable bonds is 4. The number of ether oxygens (including phenoxy) is 1. The highest BCUT2D eigenvalue weighted by molar-refractivity contribution is 9.10. The minimum Gasteiger partial charge on any atom is -0.465 e. The van der Waals surface area contributed by atoms with Gasteiger partial charge >= 0.3 is 5.97 Å². The molecule has 6 heteroatoms. The lowest BCUT2D eigenvalue weighted by Gasteiger charge is -2.34. The quantitative estimate of drug-likeness (QED) is 0.847. The van der Waals surface area contributed by atoms with E-state index in [1.165, 1.54) is 6.07 Å². The number of carbonyl (C=O) groups excluding carboxylic acids is 1. The van der Waals surface area contributed by atoms with Crippen molar-refractivity contribution in [1.29, 1.82) is 0 Å². The summed E-state index contributed by atoms with van der Waals surface area (Å²) in [6.45, 7) is 4.78. The molecule has 1 aromatic carbocycles. The van der Waals surface area contributed by atoms with E-state index in [4.69, 9.17) is 4.74 Å². The monoisotopic (exact) mass is 344 g/mol. The van der Waals surface area contributed by atoms with Crippen molar-refractivity contribution in [3.63, 3.8) is 0 Å². The Hall–Kier alpha value is -0.980. The molecule has 1 aliphatic heterocycles. The normalized spacial score (nSPS) is 19.9. The Kier molecular flexibility index (Phi) is 5.51. The van der Waals surface area contributed by atoms with Gasteiger partial charge in [-0.1, -0.05) is 12.1 Å². The number of halogens is 2. The maximum Gasteiger partial charge on any atom is 0.324 e. The maximum absolute atomic E-state index is 13.5.